The summed E-state index contributed by atoms with van der Waals surface area (Å²) in [6, 6.07) is 11.3. The van der Waals surface area contributed by atoms with Gasteiger partial charge >= 0.3 is 5.97 Å². The van der Waals surface area contributed by atoms with Crippen LogP contribution in [-0.4, -0.2) is 47.5 Å². The molecule has 0 spiro atoms. The van der Waals surface area contributed by atoms with Gasteiger partial charge in [-0.2, -0.15) is 0 Å². The molecule has 2 aromatic carbocycles. The molecule has 0 saturated carbocycles. The summed E-state index contributed by atoms with van der Waals surface area (Å²) in [7, 11) is 0. The fourth-order valence-electron chi connectivity index (χ4n) is 4.36. The molecule has 1 saturated heterocycles. The number of likely N-dealkylation sites (tertiary alicyclic amines) is 1. The molecular weight excluding hydrogens is 382 g/mol. The molecular formula is C24H23NO5. The molecule has 1 aliphatic carbocycles. The Morgan fingerprint density at radius 2 is 1.67 bits per heavy atom. The molecule has 6 heteroatoms. The molecule has 4 rings (SSSR count). The van der Waals surface area contributed by atoms with E-state index in [1.54, 1.807) is 35.2 Å². The lowest BCUT2D eigenvalue weighted by Crippen LogP contribution is -2.45. The van der Waals surface area contributed by atoms with Crippen molar-refractivity contribution in [3.8, 4) is 0 Å². The number of fused-ring (bicyclic) bond motifs is 2. The lowest BCUT2D eigenvalue weighted by Gasteiger charge is -2.35. The van der Waals surface area contributed by atoms with Crippen molar-refractivity contribution in [2.45, 2.75) is 38.6 Å². The summed E-state index contributed by atoms with van der Waals surface area (Å²) < 4.78 is 5.28. The van der Waals surface area contributed by atoms with Crippen LogP contribution in [0.25, 0.3) is 0 Å². The summed E-state index contributed by atoms with van der Waals surface area (Å²) in [5.41, 5.74) is 0.834. The number of ether oxygens (including phenoxy) is 1. The zero-order valence-electron chi connectivity index (χ0n) is 16.8. The van der Waals surface area contributed by atoms with Crippen LogP contribution < -0.4 is 0 Å². The maximum Gasteiger partial charge on any atom is 0.339 e. The van der Waals surface area contributed by atoms with Gasteiger partial charge in [-0.15, -0.1) is 0 Å². The Bertz CT molecular complexity index is 1040. The van der Waals surface area contributed by atoms with Gasteiger partial charge in [-0.05, 0) is 31.7 Å². The number of carbonyl (C=O) groups is 4. The van der Waals surface area contributed by atoms with Crippen LogP contribution in [0.3, 0.4) is 0 Å². The number of benzene rings is 2. The third kappa shape index (κ3) is 3.43. The summed E-state index contributed by atoms with van der Waals surface area (Å²) in [6.07, 6.45) is 3.86. The van der Waals surface area contributed by atoms with E-state index < -0.39 is 5.97 Å². The van der Waals surface area contributed by atoms with E-state index in [1.807, 2.05) is 6.92 Å². The molecule has 1 amide bonds. The van der Waals surface area contributed by atoms with Crippen LogP contribution in [0, 0.1) is 0 Å². The van der Waals surface area contributed by atoms with Gasteiger partial charge in [-0.25, -0.2) is 4.79 Å². The first kappa shape index (κ1) is 20.0. The fraction of sp³-hybridized carbons (Fsp3) is 0.333. The summed E-state index contributed by atoms with van der Waals surface area (Å²) in [5, 5.41) is 0. The van der Waals surface area contributed by atoms with Crippen molar-refractivity contribution in [1.82, 2.24) is 4.90 Å². The summed E-state index contributed by atoms with van der Waals surface area (Å²) in [5.74, 6) is -1.69. The normalized spacial score (nSPS) is 17.9. The largest absolute Gasteiger partial charge is 0.452 e. The number of piperidine rings is 1. The predicted molar refractivity (Wildman–Crippen MR) is 110 cm³/mol. The fourth-order valence-corrected chi connectivity index (χ4v) is 4.36. The third-order valence-corrected chi connectivity index (χ3v) is 5.92. The van der Waals surface area contributed by atoms with Gasteiger partial charge in [-0.3, -0.25) is 14.4 Å². The van der Waals surface area contributed by atoms with Crippen LogP contribution in [0.1, 0.15) is 74.8 Å². The molecule has 1 atom stereocenters. The first-order chi connectivity index (χ1) is 14.5. The van der Waals surface area contributed by atoms with Crippen molar-refractivity contribution in [2.24, 2.45) is 0 Å². The van der Waals surface area contributed by atoms with Gasteiger partial charge in [0.25, 0.3) is 5.91 Å². The maximum atomic E-state index is 13.0. The van der Waals surface area contributed by atoms with Gasteiger partial charge in [0.05, 0.1) is 5.56 Å². The van der Waals surface area contributed by atoms with Gasteiger partial charge in [0.2, 0.25) is 0 Å². The molecule has 0 N–H and O–H groups in total. The van der Waals surface area contributed by atoms with E-state index in [0.29, 0.717) is 12.1 Å². The highest BCUT2D eigenvalue weighted by Gasteiger charge is 2.33. The van der Waals surface area contributed by atoms with Crippen LogP contribution in [0.15, 0.2) is 42.5 Å². The van der Waals surface area contributed by atoms with Crippen molar-refractivity contribution in [2.75, 3.05) is 13.2 Å². The zero-order chi connectivity index (χ0) is 21.3. The lowest BCUT2D eigenvalue weighted by molar-refractivity contribution is -0.138. The molecule has 0 aromatic heterocycles. The number of rotatable bonds is 4. The molecule has 0 radical (unpaired) electrons. The van der Waals surface area contributed by atoms with Crippen LogP contribution >= 0.6 is 0 Å². The minimum Gasteiger partial charge on any atom is -0.452 e. The van der Waals surface area contributed by atoms with Gasteiger partial charge in [-0.1, -0.05) is 43.3 Å². The second-order valence-corrected chi connectivity index (χ2v) is 7.65. The summed E-state index contributed by atoms with van der Waals surface area (Å²) in [6.45, 7) is 2.33. The molecule has 1 aliphatic heterocycles. The Kier molecular flexibility index (Phi) is 5.48. The zero-order valence-corrected chi connectivity index (χ0v) is 16.8. The molecule has 2 aromatic rings. The number of hydrogen-bond donors (Lipinski definition) is 0. The molecule has 1 heterocycles. The third-order valence-electron chi connectivity index (χ3n) is 5.92. The van der Waals surface area contributed by atoms with Crippen LogP contribution in [0.2, 0.25) is 0 Å². The minimum absolute atomic E-state index is 0.0128. The Balaban J connectivity index is 1.55. The lowest BCUT2D eigenvalue weighted by atomic mass is 9.82. The van der Waals surface area contributed by atoms with Gasteiger partial charge in [0.15, 0.2) is 18.2 Å². The van der Waals surface area contributed by atoms with Crippen molar-refractivity contribution in [3.63, 3.8) is 0 Å². The average Bonchev–Trinajstić information content (AvgIpc) is 2.80. The molecule has 154 valence electrons. The highest BCUT2D eigenvalue weighted by molar-refractivity contribution is 6.30. The molecule has 30 heavy (non-hydrogen) atoms. The molecule has 0 unspecified atom stereocenters. The number of ketones is 2. The van der Waals surface area contributed by atoms with Crippen molar-refractivity contribution >= 4 is 23.4 Å². The summed E-state index contributed by atoms with van der Waals surface area (Å²) >= 11 is 0. The Morgan fingerprint density at radius 1 is 0.967 bits per heavy atom. The van der Waals surface area contributed by atoms with Crippen molar-refractivity contribution < 1.29 is 23.9 Å². The van der Waals surface area contributed by atoms with Crippen LogP contribution in [-0.2, 0) is 9.53 Å². The molecule has 0 bridgehead atoms. The molecule has 6 nitrogen and oxygen atoms in total. The average molecular weight is 405 g/mol. The second-order valence-electron chi connectivity index (χ2n) is 7.65. The minimum atomic E-state index is -0.772. The quantitative estimate of drug-likeness (QED) is 0.622. The monoisotopic (exact) mass is 405 g/mol. The van der Waals surface area contributed by atoms with Crippen LogP contribution in [0.5, 0.6) is 0 Å². The van der Waals surface area contributed by atoms with E-state index in [2.05, 4.69) is 0 Å². The summed E-state index contributed by atoms with van der Waals surface area (Å²) in [4.78, 5) is 53.0. The van der Waals surface area contributed by atoms with E-state index in [-0.39, 0.29) is 52.4 Å². The van der Waals surface area contributed by atoms with E-state index in [0.717, 1.165) is 25.7 Å². The van der Waals surface area contributed by atoms with E-state index in [9.17, 15) is 19.2 Å². The smallest absolute Gasteiger partial charge is 0.339 e. The number of hydrogen-bond acceptors (Lipinski definition) is 5. The molecule has 1 fully saturated rings. The topological polar surface area (TPSA) is 80.8 Å². The number of carbonyl (C=O) groups excluding carboxylic acids is 4. The van der Waals surface area contributed by atoms with Crippen LogP contribution in [0.4, 0.5) is 0 Å². The number of nitrogens with zero attached hydrogens (tertiary/aromatic N) is 1. The predicted octanol–water partition coefficient (Wildman–Crippen LogP) is 3.41. The maximum absolute atomic E-state index is 13.0. The molecule has 2 aliphatic rings. The highest BCUT2D eigenvalue weighted by Crippen LogP contribution is 2.30. The van der Waals surface area contributed by atoms with E-state index in [1.165, 1.54) is 12.1 Å². The van der Waals surface area contributed by atoms with Gasteiger partial charge < -0.3 is 9.64 Å². The Morgan fingerprint density at radius 3 is 2.40 bits per heavy atom. The van der Waals surface area contributed by atoms with Crippen molar-refractivity contribution in [1.29, 1.82) is 0 Å². The number of amides is 1. The number of esters is 1. The Labute approximate surface area is 174 Å². The SMILES string of the molecule is CC[C@H]1CCCCN1C(=O)COC(=O)c1cccc2c1C(=O)c1ccccc1C2=O. The highest BCUT2D eigenvalue weighted by atomic mass is 16.5. The van der Waals surface area contributed by atoms with E-state index >= 15 is 0 Å². The van der Waals surface area contributed by atoms with Gasteiger partial charge in [0.1, 0.15) is 0 Å². The van der Waals surface area contributed by atoms with Gasteiger partial charge in [0, 0.05) is 34.8 Å². The first-order valence-electron chi connectivity index (χ1n) is 10.3. The first-order valence-corrected chi connectivity index (χ1v) is 10.3. The van der Waals surface area contributed by atoms with Crippen molar-refractivity contribution in [3.05, 3.63) is 70.3 Å². The van der Waals surface area contributed by atoms with E-state index in [4.69, 9.17) is 4.74 Å². The second kappa shape index (κ2) is 8.22. The standard InChI is InChI=1S/C24H23NO5/c1-2-15-8-5-6-13-25(15)20(26)14-30-24(29)19-12-7-11-18-21(19)23(28)17-10-4-3-9-16(17)22(18)27/h3-4,7,9-12,15H,2,5-6,8,13-14H2,1H3/t15-/m0/s1. The Hall–Kier alpha value is -3.28.